The van der Waals surface area contributed by atoms with E-state index in [9.17, 15) is 0 Å². The molecule has 0 spiro atoms. The highest BCUT2D eigenvalue weighted by molar-refractivity contribution is 7.99. The second-order valence-electron chi connectivity index (χ2n) is 4.03. The summed E-state index contributed by atoms with van der Waals surface area (Å²) < 4.78 is 0. The zero-order valence-electron chi connectivity index (χ0n) is 10.4. The van der Waals surface area contributed by atoms with Crippen molar-refractivity contribution in [1.29, 1.82) is 0 Å². The number of thioether (sulfide) groups is 1. The van der Waals surface area contributed by atoms with Crippen molar-refractivity contribution in [2.24, 2.45) is 0 Å². The molecule has 1 unspecified atom stereocenters. The lowest BCUT2D eigenvalue weighted by molar-refractivity contribution is 0.642. The Hall–Kier alpha value is -0.730. The van der Waals surface area contributed by atoms with Crippen LogP contribution in [0.1, 0.15) is 19.4 Å². The van der Waals surface area contributed by atoms with Crippen molar-refractivity contribution in [3.63, 3.8) is 0 Å². The lowest BCUT2D eigenvalue weighted by Gasteiger charge is -2.17. The Kier molecular flexibility index (Phi) is 5.64. The molecule has 0 aliphatic heterocycles. The summed E-state index contributed by atoms with van der Waals surface area (Å²) in [7, 11) is 0. The molecule has 88 valence electrons. The predicted octanol–water partition coefficient (Wildman–Crippen LogP) is 3.64. The van der Waals surface area contributed by atoms with Gasteiger partial charge in [0.15, 0.2) is 0 Å². The van der Waals surface area contributed by atoms with Gasteiger partial charge in [-0.2, -0.15) is 0 Å². The van der Waals surface area contributed by atoms with Gasteiger partial charge < -0.3 is 5.32 Å². The third kappa shape index (κ3) is 4.03. The van der Waals surface area contributed by atoms with Crippen LogP contribution in [-0.2, 0) is 0 Å². The fourth-order valence-electron chi connectivity index (χ4n) is 1.51. The number of likely N-dealkylation sites (N-methyl/N-ethyl adjacent to an activating group) is 1. The summed E-state index contributed by atoms with van der Waals surface area (Å²) in [6, 6.07) is 8.93. The Balaban J connectivity index is 2.55. The largest absolute Gasteiger partial charge is 0.310 e. The fourth-order valence-corrected chi connectivity index (χ4v) is 2.73. The van der Waals surface area contributed by atoms with Crippen LogP contribution in [0.5, 0.6) is 0 Å². The Morgan fingerprint density at radius 1 is 1.44 bits per heavy atom. The molecular weight excluding hydrogens is 214 g/mol. The average molecular weight is 235 g/mol. The first-order chi connectivity index (χ1) is 7.65. The molecule has 1 rings (SSSR count). The van der Waals surface area contributed by atoms with Crippen molar-refractivity contribution < 1.29 is 0 Å². The van der Waals surface area contributed by atoms with Gasteiger partial charge in [0, 0.05) is 16.7 Å². The molecule has 1 nitrogen and oxygen atoms in total. The highest BCUT2D eigenvalue weighted by Crippen LogP contribution is 2.23. The SMILES string of the molecule is C=C(C)C(CSc1ccccc1C)NCC. The van der Waals surface area contributed by atoms with E-state index in [1.807, 2.05) is 11.8 Å². The Morgan fingerprint density at radius 3 is 2.69 bits per heavy atom. The summed E-state index contributed by atoms with van der Waals surface area (Å²) >= 11 is 1.90. The summed E-state index contributed by atoms with van der Waals surface area (Å²) in [5.41, 5.74) is 2.56. The molecule has 0 fully saturated rings. The van der Waals surface area contributed by atoms with Crippen molar-refractivity contribution in [2.75, 3.05) is 12.3 Å². The zero-order valence-corrected chi connectivity index (χ0v) is 11.2. The first kappa shape index (κ1) is 13.3. The van der Waals surface area contributed by atoms with Crippen molar-refractivity contribution in [3.05, 3.63) is 42.0 Å². The fraction of sp³-hybridized carbons (Fsp3) is 0.429. The maximum absolute atomic E-state index is 4.03. The van der Waals surface area contributed by atoms with Crippen LogP contribution in [0.25, 0.3) is 0 Å². The molecule has 1 aromatic rings. The van der Waals surface area contributed by atoms with Gasteiger partial charge in [-0.3, -0.25) is 0 Å². The normalized spacial score (nSPS) is 12.4. The van der Waals surface area contributed by atoms with Gasteiger partial charge >= 0.3 is 0 Å². The zero-order chi connectivity index (χ0) is 12.0. The van der Waals surface area contributed by atoms with Gasteiger partial charge in [-0.05, 0) is 32.0 Å². The van der Waals surface area contributed by atoms with Crippen LogP contribution in [0.15, 0.2) is 41.3 Å². The highest BCUT2D eigenvalue weighted by atomic mass is 32.2. The van der Waals surface area contributed by atoms with E-state index >= 15 is 0 Å². The quantitative estimate of drug-likeness (QED) is 0.597. The molecule has 16 heavy (non-hydrogen) atoms. The number of aryl methyl sites for hydroxylation is 1. The molecule has 0 aromatic heterocycles. The average Bonchev–Trinajstić information content (AvgIpc) is 2.26. The topological polar surface area (TPSA) is 12.0 Å². The van der Waals surface area contributed by atoms with Crippen molar-refractivity contribution >= 4 is 11.8 Å². The Labute approximate surface area is 103 Å². The van der Waals surface area contributed by atoms with E-state index in [2.05, 4.69) is 56.9 Å². The third-order valence-corrected chi connectivity index (χ3v) is 3.81. The van der Waals surface area contributed by atoms with E-state index < -0.39 is 0 Å². The highest BCUT2D eigenvalue weighted by Gasteiger charge is 2.08. The van der Waals surface area contributed by atoms with Gasteiger partial charge in [0.2, 0.25) is 0 Å². The van der Waals surface area contributed by atoms with Gasteiger partial charge in [0.25, 0.3) is 0 Å². The molecule has 0 amide bonds. The number of benzene rings is 1. The van der Waals surface area contributed by atoms with E-state index in [0.29, 0.717) is 6.04 Å². The monoisotopic (exact) mass is 235 g/mol. The smallest absolute Gasteiger partial charge is 0.0368 e. The summed E-state index contributed by atoms with van der Waals surface area (Å²) in [6.45, 7) is 11.4. The van der Waals surface area contributed by atoms with Gasteiger partial charge in [-0.15, -0.1) is 11.8 Å². The first-order valence-corrected chi connectivity index (χ1v) is 6.71. The molecular formula is C14H21NS. The van der Waals surface area contributed by atoms with Gasteiger partial charge in [0.1, 0.15) is 0 Å². The second kappa shape index (κ2) is 6.77. The third-order valence-electron chi connectivity index (χ3n) is 2.54. The summed E-state index contributed by atoms with van der Waals surface area (Å²) in [4.78, 5) is 1.37. The molecule has 1 N–H and O–H groups in total. The number of nitrogens with one attached hydrogen (secondary N) is 1. The number of hydrogen-bond acceptors (Lipinski definition) is 2. The number of hydrogen-bond donors (Lipinski definition) is 1. The maximum Gasteiger partial charge on any atom is 0.0368 e. The van der Waals surface area contributed by atoms with Crippen LogP contribution in [-0.4, -0.2) is 18.3 Å². The molecule has 0 saturated heterocycles. The predicted molar refractivity (Wildman–Crippen MR) is 74.2 cm³/mol. The van der Waals surface area contributed by atoms with E-state index in [1.165, 1.54) is 16.0 Å². The van der Waals surface area contributed by atoms with Crippen molar-refractivity contribution in [3.8, 4) is 0 Å². The molecule has 1 atom stereocenters. The molecule has 0 aliphatic rings. The molecule has 2 heteroatoms. The minimum absolute atomic E-state index is 0.412. The van der Waals surface area contributed by atoms with E-state index in [0.717, 1.165) is 12.3 Å². The van der Waals surface area contributed by atoms with Crippen LogP contribution in [0.3, 0.4) is 0 Å². The Morgan fingerprint density at radius 2 is 2.12 bits per heavy atom. The molecule has 0 bridgehead atoms. The van der Waals surface area contributed by atoms with E-state index in [-0.39, 0.29) is 0 Å². The molecule has 1 aromatic carbocycles. The molecule has 0 heterocycles. The van der Waals surface area contributed by atoms with Gasteiger partial charge in [-0.1, -0.05) is 37.3 Å². The lowest BCUT2D eigenvalue weighted by atomic mass is 10.2. The lowest BCUT2D eigenvalue weighted by Crippen LogP contribution is -2.31. The van der Waals surface area contributed by atoms with Crippen LogP contribution in [0.2, 0.25) is 0 Å². The summed E-state index contributed by atoms with van der Waals surface area (Å²) in [5.74, 6) is 1.05. The Bertz CT molecular complexity index is 346. The number of rotatable bonds is 6. The van der Waals surface area contributed by atoms with Crippen LogP contribution in [0.4, 0.5) is 0 Å². The minimum Gasteiger partial charge on any atom is -0.310 e. The summed E-state index contributed by atoms with van der Waals surface area (Å²) in [6.07, 6.45) is 0. The van der Waals surface area contributed by atoms with Crippen LogP contribution < -0.4 is 5.32 Å². The van der Waals surface area contributed by atoms with E-state index in [4.69, 9.17) is 0 Å². The standard InChI is InChI=1S/C14H21NS/c1-5-15-13(11(2)3)10-16-14-9-7-6-8-12(14)4/h6-9,13,15H,2,5,10H2,1,3-4H3. The molecule has 0 radical (unpaired) electrons. The molecule has 0 aliphatic carbocycles. The van der Waals surface area contributed by atoms with Gasteiger partial charge in [-0.25, -0.2) is 0 Å². The summed E-state index contributed by atoms with van der Waals surface area (Å²) in [5, 5.41) is 3.45. The van der Waals surface area contributed by atoms with Gasteiger partial charge in [0.05, 0.1) is 0 Å². The molecule has 0 saturated carbocycles. The minimum atomic E-state index is 0.412. The van der Waals surface area contributed by atoms with Crippen molar-refractivity contribution in [2.45, 2.75) is 31.7 Å². The van der Waals surface area contributed by atoms with E-state index in [1.54, 1.807) is 0 Å². The van der Waals surface area contributed by atoms with Crippen LogP contribution in [0, 0.1) is 6.92 Å². The maximum atomic E-state index is 4.03. The van der Waals surface area contributed by atoms with Crippen LogP contribution >= 0.6 is 11.8 Å². The second-order valence-corrected chi connectivity index (χ2v) is 5.09. The first-order valence-electron chi connectivity index (χ1n) is 5.72. The van der Waals surface area contributed by atoms with Crippen molar-refractivity contribution in [1.82, 2.24) is 5.32 Å².